The first-order valence-corrected chi connectivity index (χ1v) is 13.3. The van der Waals surface area contributed by atoms with Gasteiger partial charge >= 0.3 is 59.1 Å². The number of ether oxygens (including phenoxy) is 1. The van der Waals surface area contributed by atoms with Crippen LogP contribution >= 0.6 is 7.82 Å². The van der Waals surface area contributed by atoms with Crippen molar-refractivity contribution in [3.05, 3.63) is 41.0 Å². The maximum absolute atomic E-state index is 11.2. The zero-order chi connectivity index (χ0) is 22.6. The van der Waals surface area contributed by atoms with Gasteiger partial charge in [-0.1, -0.05) is 43.0 Å². The quantitative estimate of drug-likeness (QED) is 0.192. The third-order valence-corrected chi connectivity index (χ3v) is 8.55. The fourth-order valence-corrected chi connectivity index (χ4v) is 7.52. The van der Waals surface area contributed by atoms with E-state index in [4.69, 9.17) is 14.5 Å². The molecular weight excluding hydrogens is 477 g/mol. The van der Waals surface area contributed by atoms with Crippen molar-refractivity contribution in [2.24, 2.45) is 17.8 Å². The normalized spacial score (nSPS) is 34.4. The van der Waals surface area contributed by atoms with Crippen molar-refractivity contribution in [3.8, 4) is 5.75 Å². The molecule has 1 aliphatic heterocycles. The van der Waals surface area contributed by atoms with Gasteiger partial charge in [0.05, 0.1) is 0 Å². The summed E-state index contributed by atoms with van der Waals surface area (Å²) in [5.74, 6) is -0.330. The van der Waals surface area contributed by atoms with Crippen LogP contribution in [0.15, 0.2) is 35.4 Å². The van der Waals surface area contributed by atoms with E-state index in [2.05, 4.69) is 11.4 Å². The Kier molecular flexibility index (Phi) is 9.72. The van der Waals surface area contributed by atoms with E-state index in [1.807, 2.05) is 6.07 Å². The van der Waals surface area contributed by atoms with Crippen LogP contribution in [0.3, 0.4) is 0 Å². The van der Waals surface area contributed by atoms with Crippen LogP contribution in [0, 0.1) is 17.8 Å². The molecule has 1 heterocycles. The van der Waals surface area contributed by atoms with Gasteiger partial charge in [-0.15, -0.1) is 0 Å². The molecule has 0 amide bonds. The molecule has 176 valence electrons. The summed E-state index contributed by atoms with van der Waals surface area (Å²) in [6, 6.07) is 6.47. The Bertz CT molecular complexity index is 962. The Morgan fingerprint density at radius 1 is 1.09 bits per heavy atom. The topological polar surface area (TPSA) is 100 Å². The fraction of sp³-hybridized carbons (Fsp3) is 0.667. The van der Waals surface area contributed by atoms with Crippen LogP contribution in [0.5, 0.6) is 5.75 Å². The minimum atomic E-state index is -5.18. The smallest absolute Gasteiger partial charge is 0.780 e. The van der Waals surface area contributed by atoms with E-state index >= 15 is 0 Å². The van der Waals surface area contributed by atoms with Crippen LogP contribution in [0.4, 0.5) is 0 Å². The van der Waals surface area contributed by atoms with E-state index in [1.165, 1.54) is 37.0 Å². The first-order chi connectivity index (χ1) is 15.4. The molecule has 1 saturated carbocycles. The van der Waals surface area contributed by atoms with Crippen molar-refractivity contribution in [1.82, 2.24) is 0 Å². The third-order valence-electron chi connectivity index (χ3n) is 8.11. The van der Waals surface area contributed by atoms with Crippen LogP contribution in [-0.2, 0) is 24.9 Å². The molecule has 1 spiro atoms. The second-order valence-electron chi connectivity index (χ2n) is 9.59. The minimum Gasteiger partial charge on any atom is -0.780 e. The average Bonchev–Trinajstić information content (AvgIpc) is 2.75. The van der Waals surface area contributed by atoms with Crippen LogP contribution in [0.25, 0.3) is 0 Å². The maximum Gasteiger partial charge on any atom is 1.00 e. The molecule has 7 nitrogen and oxygen atoms in total. The molecule has 0 aromatic heterocycles. The molecule has 10 heteroatoms. The van der Waals surface area contributed by atoms with E-state index in [0.29, 0.717) is 11.5 Å². The largest absolute Gasteiger partial charge is 1.00 e. The van der Waals surface area contributed by atoms with Crippen LogP contribution < -0.4 is 73.4 Å². The Morgan fingerprint density at radius 3 is 2.44 bits per heavy atom. The molecule has 5 rings (SSSR count). The number of benzene rings is 1. The van der Waals surface area contributed by atoms with Gasteiger partial charge in [-0.3, -0.25) is 0 Å². The van der Waals surface area contributed by atoms with E-state index in [-0.39, 0.29) is 76.7 Å². The summed E-state index contributed by atoms with van der Waals surface area (Å²) in [5.41, 5.74) is 3.12. The van der Waals surface area contributed by atoms with E-state index in [9.17, 15) is 14.4 Å². The third kappa shape index (κ3) is 4.61. The van der Waals surface area contributed by atoms with Crippen LogP contribution in [0.1, 0.15) is 70.3 Å². The number of fused-ring (bicyclic) bond motifs is 1. The molecule has 1 aromatic carbocycles. The molecule has 1 saturated heterocycles. The van der Waals surface area contributed by atoms with Crippen LogP contribution in [-0.4, -0.2) is 12.7 Å². The van der Waals surface area contributed by atoms with E-state index in [1.54, 1.807) is 18.7 Å². The summed E-state index contributed by atoms with van der Waals surface area (Å²) in [5, 5.41) is 0. The molecule has 2 fully saturated rings. The number of methoxy groups -OCH3 is 1. The van der Waals surface area contributed by atoms with E-state index < -0.39 is 19.2 Å². The predicted molar refractivity (Wildman–Crippen MR) is 113 cm³/mol. The summed E-state index contributed by atoms with van der Waals surface area (Å²) in [7, 11) is -3.57. The monoisotopic (exact) mass is 508 g/mol. The van der Waals surface area contributed by atoms with Gasteiger partial charge in [0.2, 0.25) is 0 Å². The first-order valence-electron chi connectivity index (χ1n) is 11.8. The zero-order valence-corrected chi connectivity index (χ0v) is 25.6. The molecule has 0 radical (unpaired) electrons. The summed E-state index contributed by atoms with van der Waals surface area (Å²) in [6.45, 7) is 2.23. The van der Waals surface area contributed by atoms with Gasteiger partial charge in [-0.05, 0) is 63.0 Å². The predicted octanol–water partition coefficient (Wildman–Crippen LogP) is -1.88. The number of rotatable bonds is 6. The second-order valence-corrected chi connectivity index (χ2v) is 10.7. The molecule has 1 aromatic rings. The van der Waals surface area contributed by atoms with Gasteiger partial charge in [0.25, 0.3) is 5.79 Å². The Balaban J connectivity index is 0.00000162. The number of phosphoric ester groups is 1. The summed E-state index contributed by atoms with van der Waals surface area (Å²) >= 11 is 0. The molecule has 4 aliphatic rings. The molecule has 5 atom stereocenters. The number of allylic oxidation sites excluding steroid dienone is 1. The summed E-state index contributed by atoms with van der Waals surface area (Å²) in [4.78, 5) is 34.4. The van der Waals surface area contributed by atoms with Crippen LogP contribution in [0.2, 0.25) is 0 Å². The van der Waals surface area contributed by atoms with Crippen molar-refractivity contribution in [2.75, 3.05) is 7.11 Å². The SMILES string of the molecule is CCCC1C2=C(CCCC2)C2CCCC1C21OOC1(OC)c1cccc(OP(=O)([O-])[O-])c1.[Na+].[Na+]. The standard InChI is InChI=1S/C24H33O7P.2Na/c1-3-8-19-18-11-4-5-12-20(18)22-14-7-13-21(19)23(22)24(28-2,31-30-23)16-9-6-10-17(15-16)29-32(25,26)27;;/h6,9-10,15,19,21-22H,3-5,7-8,11-14H2,1-2H3,(H2,25,26,27);;/q;2*+1/p-2. The summed E-state index contributed by atoms with van der Waals surface area (Å²) < 4.78 is 22.0. The number of hydrogen-bond acceptors (Lipinski definition) is 7. The first kappa shape index (κ1) is 29.3. The maximum atomic E-state index is 11.2. The Hall–Kier alpha value is 0.790. The van der Waals surface area contributed by atoms with Gasteiger partial charge in [0, 0.05) is 24.5 Å². The van der Waals surface area contributed by atoms with Gasteiger partial charge in [-0.2, -0.15) is 4.89 Å². The molecule has 5 unspecified atom stereocenters. The number of phosphoric acid groups is 1. The van der Waals surface area contributed by atoms with Crippen molar-refractivity contribution in [2.45, 2.75) is 76.1 Å². The molecule has 34 heavy (non-hydrogen) atoms. The number of hydrogen-bond donors (Lipinski definition) is 0. The molecule has 0 N–H and O–H groups in total. The molecule has 3 aliphatic carbocycles. The van der Waals surface area contributed by atoms with Gasteiger partial charge in [0.1, 0.15) is 13.6 Å². The molecule has 2 bridgehead atoms. The van der Waals surface area contributed by atoms with Crippen molar-refractivity contribution >= 4 is 7.82 Å². The molecular formula is C24H31Na2O7P. The van der Waals surface area contributed by atoms with Gasteiger partial charge in [-0.25, -0.2) is 4.89 Å². The minimum absolute atomic E-state index is 0. The summed E-state index contributed by atoms with van der Waals surface area (Å²) in [6.07, 6.45) is 10.1. The van der Waals surface area contributed by atoms with Crippen molar-refractivity contribution < 1.29 is 92.5 Å². The van der Waals surface area contributed by atoms with Gasteiger partial charge < -0.3 is 23.6 Å². The average molecular weight is 508 g/mol. The Labute approximate surface area is 246 Å². The fourth-order valence-electron chi connectivity index (χ4n) is 7.14. The van der Waals surface area contributed by atoms with Gasteiger partial charge in [0.15, 0.2) is 5.60 Å². The van der Waals surface area contributed by atoms with E-state index in [0.717, 1.165) is 38.5 Å². The zero-order valence-electron chi connectivity index (χ0n) is 20.7. The second kappa shape index (κ2) is 11.3. The Morgan fingerprint density at radius 2 is 1.82 bits per heavy atom. The van der Waals surface area contributed by atoms with Crippen molar-refractivity contribution in [1.29, 1.82) is 0 Å². The van der Waals surface area contributed by atoms with Crippen molar-refractivity contribution in [3.63, 3.8) is 0 Å².